The standard InChI is InChI=1S/C13H20N4O/c1-16(2)9-5-11(10-18)17-8-3-4-12(17)13-14-6-7-15-13/h6,11-12H,3-5,8-9H2,1-2H3,(H,14,15)/t11-,12?/m0/s1. The average molecular weight is 248 g/mol. The van der Waals surface area contributed by atoms with Gasteiger partial charge in [-0.15, -0.1) is 0 Å². The minimum atomic E-state index is -0.134. The first-order chi connectivity index (χ1) is 8.72. The molecule has 1 aliphatic heterocycles. The maximum Gasteiger partial charge on any atom is 0.217 e. The molecule has 0 spiro atoms. The molecule has 1 aliphatic rings. The molecule has 2 radical (unpaired) electrons. The van der Waals surface area contributed by atoms with E-state index in [0.717, 1.165) is 38.2 Å². The lowest BCUT2D eigenvalue weighted by Crippen LogP contribution is -2.38. The Labute approximate surface area is 108 Å². The quantitative estimate of drug-likeness (QED) is 0.808. The lowest BCUT2D eigenvalue weighted by molar-refractivity contribution is 0.195. The summed E-state index contributed by atoms with van der Waals surface area (Å²) in [6.07, 6.45) is 9.66. The van der Waals surface area contributed by atoms with Crippen molar-refractivity contribution in [2.75, 3.05) is 27.2 Å². The number of likely N-dealkylation sites (tertiary alicyclic amines) is 1. The summed E-state index contributed by atoms with van der Waals surface area (Å²) < 4.78 is 0. The van der Waals surface area contributed by atoms with E-state index in [2.05, 4.69) is 32.3 Å². The Morgan fingerprint density at radius 3 is 3.17 bits per heavy atom. The summed E-state index contributed by atoms with van der Waals surface area (Å²) in [7, 11) is 4.04. The first-order valence-corrected chi connectivity index (χ1v) is 6.41. The van der Waals surface area contributed by atoms with Crippen molar-refractivity contribution in [2.24, 2.45) is 0 Å². The van der Waals surface area contributed by atoms with E-state index >= 15 is 0 Å². The zero-order valence-electron chi connectivity index (χ0n) is 11.0. The van der Waals surface area contributed by atoms with Crippen molar-refractivity contribution in [1.82, 2.24) is 19.8 Å². The van der Waals surface area contributed by atoms with Crippen LogP contribution in [-0.2, 0) is 4.79 Å². The van der Waals surface area contributed by atoms with Crippen LogP contribution in [0.1, 0.15) is 31.1 Å². The van der Waals surface area contributed by atoms with Crippen LogP contribution in [-0.4, -0.2) is 59.3 Å². The van der Waals surface area contributed by atoms with Gasteiger partial charge in [-0.25, -0.2) is 4.98 Å². The second-order valence-electron chi connectivity index (χ2n) is 5.03. The Kier molecular flexibility index (Phi) is 4.49. The summed E-state index contributed by atoms with van der Waals surface area (Å²) in [5.74, 6) is 0.914. The van der Waals surface area contributed by atoms with Crippen LogP contribution in [0.15, 0.2) is 6.20 Å². The van der Waals surface area contributed by atoms with E-state index in [9.17, 15) is 4.79 Å². The lowest BCUT2D eigenvalue weighted by Gasteiger charge is -2.28. The van der Waals surface area contributed by atoms with Crippen LogP contribution in [0.3, 0.4) is 0 Å². The van der Waals surface area contributed by atoms with Gasteiger partial charge in [0.2, 0.25) is 6.29 Å². The van der Waals surface area contributed by atoms with Gasteiger partial charge in [0.1, 0.15) is 5.82 Å². The molecule has 5 nitrogen and oxygen atoms in total. The Bertz CT molecular complexity index is 363. The molecular weight excluding hydrogens is 228 g/mol. The molecule has 2 heterocycles. The minimum absolute atomic E-state index is 0.134. The van der Waals surface area contributed by atoms with Gasteiger partial charge >= 0.3 is 0 Å². The van der Waals surface area contributed by atoms with Gasteiger partial charge in [0, 0.05) is 0 Å². The number of aromatic nitrogens is 2. The van der Waals surface area contributed by atoms with Gasteiger partial charge in [0.25, 0.3) is 0 Å². The van der Waals surface area contributed by atoms with Crippen molar-refractivity contribution >= 4 is 6.29 Å². The Morgan fingerprint density at radius 1 is 1.72 bits per heavy atom. The topological polar surface area (TPSA) is 52.2 Å². The predicted octanol–water partition coefficient (Wildman–Crippen LogP) is 0.777. The third-order valence-corrected chi connectivity index (χ3v) is 3.46. The number of hydrogen-bond donors (Lipinski definition) is 1. The zero-order valence-corrected chi connectivity index (χ0v) is 11.0. The van der Waals surface area contributed by atoms with Crippen molar-refractivity contribution in [1.29, 1.82) is 0 Å². The Balaban J connectivity index is 2.02. The normalized spacial score (nSPS) is 22.5. The molecule has 0 aliphatic carbocycles. The highest BCUT2D eigenvalue weighted by Gasteiger charge is 2.33. The van der Waals surface area contributed by atoms with E-state index in [1.807, 2.05) is 14.1 Å². The molecule has 1 N–H and O–H groups in total. The van der Waals surface area contributed by atoms with Crippen LogP contribution in [0.5, 0.6) is 0 Å². The summed E-state index contributed by atoms with van der Waals surface area (Å²) in [5.41, 5.74) is 0. The van der Waals surface area contributed by atoms with E-state index in [1.165, 1.54) is 0 Å². The third-order valence-electron chi connectivity index (χ3n) is 3.46. The Morgan fingerprint density at radius 2 is 2.56 bits per heavy atom. The van der Waals surface area contributed by atoms with Crippen molar-refractivity contribution in [3.05, 3.63) is 18.2 Å². The van der Waals surface area contributed by atoms with E-state index in [4.69, 9.17) is 0 Å². The molecule has 98 valence electrons. The molecule has 1 fully saturated rings. The first-order valence-electron chi connectivity index (χ1n) is 6.41. The number of aromatic amines is 1. The summed E-state index contributed by atoms with van der Waals surface area (Å²) in [6, 6.07) is 0.0786. The van der Waals surface area contributed by atoms with E-state index in [1.54, 1.807) is 6.20 Å². The molecule has 0 aromatic carbocycles. The molecular formula is C13H20N4O. The minimum Gasteiger partial charge on any atom is -0.339 e. The van der Waals surface area contributed by atoms with Gasteiger partial charge in [-0.1, -0.05) is 0 Å². The summed E-state index contributed by atoms with van der Waals surface area (Å²) in [6.45, 7) is 1.84. The molecule has 5 heteroatoms. The molecule has 1 aromatic heterocycles. The SMILES string of the molecule is CN(C)CC[C@@H]([C]=O)N1CCCC1c1nc[c][nH]1. The highest BCUT2D eigenvalue weighted by molar-refractivity contribution is 5.58. The van der Waals surface area contributed by atoms with Gasteiger partial charge in [0.15, 0.2) is 0 Å². The zero-order chi connectivity index (χ0) is 13.0. The van der Waals surface area contributed by atoms with Crippen LogP contribution >= 0.6 is 0 Å². The highest BCUT2D eigenvalue weighted by atomic mass is 16.1. The first kappa shape index (κ1) is 13.2. The molecule has 0 amide bonds. The van der Waals surface area contributed by atoms with Crippen LogP contribution in [0.2, 0.25) is 0 Å². The summed E-state index contributed by atoms with van der Waals surface area (Å²) >= 11 is 0. The highest BCUT2D eigenvalue weighted by Crippen LogP contribution is 2.31. The molecule has 1 unspecified atom stereocenters. The fourth-order valence-electron chi connectivity index (χ4n) is 2.54. The molecule has 1 saturated heterocycles. The van der Waals surface area contributed by atoms with E-state index < -0.39 is 0 Å². The number of hydrogen-bond acceptors (Lipinski definition) is 4. The van der Waals surface area contributed by atoms with Crippen LogP contribution in [0, 0.1) is 6.20 Å². The van der Waals surface area contributed by atoms with Crippen LogP contribution in [0.4, 0.5) is 0 Å². The summed E-state index contributed by atoms with van der Waals surface area (Å²) in [4.78, 5) is 22.8. The number of nitrogens with one attached hydrogen (secondary N) is 1. The van der Waals surface area contributed by atoms with Gasteiger partial charge in [-0.3, -0.25) is 9.69 Å². The smallest absolute Gasteiger partial charge is 0.217 e. The van der Waals surface area contributed by atoms with E-state index in [-0.39, 0.29) is 12.1 Å². The number of nitrogens with zero attached hydrogens (tertiary/aromatic N) is 3. The average Bonchev–Trinajstić information content (AvgIpc) is 2.99. The number of rotatable bonds is 6. The van der Waals surface area contributed by atoms with Gasteiger partial charge < -0.3 is 9.88 Å². The maximum absolute atomic E-state index is 11.2. The van der Waals surface area contributed by atoms with Crippen LogP contribution in [0.25, 0.3) is 0 Å². The molecule has 0 bridgehead atoms. The molecule has 1 aromatic rings. The Hall–Kier alpha value is -1.20. The predicted molar refractivity (Wildman–Crippen MR) is 68.8 cm³/mol. The third kappa shape index (κ3) is 2.97. The lowest BCUT2D eigenvalue weighted by atomic mass is 10.1. The monoisotopic (exact) mass is 248 g/mol. The van der Waals surface area contributed by atoms with Crippen molar-refractivity contribution in [3.63, 3.8) is 0 Å². The fourth-order valence-corrected chi connectivity index (χ4v) is 2.54. The van der Waals surface area contributed by atoms with Gasteiger partial charge in [-0.2, -0.15) is 0 Å². The molecule has 18 heavy (non-hydrogen) atoms. The number of carbonyl (C=O) groups excluding carboxylic acids is 1. The number of H-pyrrole nitrogens is 1. The van der Waals surface area contributed by atoms with Crippen molar-refractivity contribution in [2.45, 2.75) is 31.3 Å². The largest absolute Gasteiger partial charge is 0.339 e. The second-order valence-corrected chi connectivity index (χ2v) is 5.03. The van der Waals surface area contributed by atoms with Crippen LogP contribution < -0.4 is 0 Å². The molecule has 0 saturated carbocycles. The van der Waals surface area contributed by atoms with Gasteiger partial charge in [0.05, 0.1) is 24.5 Å². The van der Waals surface area contributed by atoms with Gasteiger partial charge in [-0.05, 0) is 46.4 Å². The molecule has 2 atom stereocenters. The maximum atomic E-state index is 11.2. The molecule has 2 rings (SSSR count). The fraction of sp³-hybridized carbons (Fsp3) is 0.692. The summed E-state index contributed by atoms with van der Waals surface area (Å²) in [5, 5.41) is 0. The van der Waals surface area contributed by atoms with Crippen molar-refractivity contribution < 1.29 is 4.79 Å². The number of imidazole rings is 1. The van der Waals surface area contributed by atoms with E-state index in [0.29, 0.717) is 0 Å². The van der Waals surface area contributed by atoms with Crippen molar-refractivity contribution in [3.8, 4) is 0 Å². The second kappa shape index (κ2) is 6.11.